The van der Waals surface area contributed by atoms with Gasteiger partial charge in [-0.3, -0.25) is 0 Å². The van der Waals surface area contributed by atoms with Gasteiger partial charge in [-0.15, -0.1) is 0 Å². The first kappa shape index (κ1) is 5.47. The van der Waals surface area contributed by atoms with Gasteiger partial charge in [0.2, 0.25) is 0 Å². The van der Waals surface area contributed by atoms with Crippen molar-refractivity contribution in [3.8, 4) is 11.5 Å². The second-order valence-electron chi connectivity index (χ2n) is 2.14. The standard InChI is InChI=1S/C9H12O2/c1-3-7-4-5-8(10)9(6-7)11-2/h4-6,10H,3H2,1-2H3/i1D,3D. The van der Waals surface area contributed by atoms with Gasteiger partial charge in [0, 0.05) is 2.74 Å². The van der Waals surface area contributed by atoms with E-state index in [9.17, 15) is 5.11 Å². The molecule has 0 heterocycles. The SMILES string of the molecule is [2H]CC([2H])c1ccc(O)c(OC)c1. The third-order valence-electron chi connectivity index (χ3n) is 1.44. The Balaban J connectivity index is 2.99. The maximum Gasteiger partial charge on any atom is 0.160 e. The minimum absolute atomic E-state index is 0.00787. The maximum absolute atomic E-state index is 9.26. The molecule has 1 aromatic carbocycles. The Morgan fingerprint density at radius 2 is 2.55 bits per heavy atom. The molecule has 0 aliphatic carbocycles. The number of phenolic OH excluding ortho intramolecular Hbond substituents is 1. The van der Waals surface area contributed by atoms with Crippen molar-refractivity contribution < 1.29 is 12.6 Å². The molecule has 0 bridgehead atoms. The summed E-state index contributed by atoms with van der Waals surface area (Å²) in [5.74, 6) is 0.409. The fourth-order valence-electron chi connectivity index (χ4n) is 0.821. The van der Waals surface area contributed by atoms with Crippen LogP contribution in [0.15, 0.2) is 18.2 Å². The Morgan fingerprint density at radius 1 is 1.73 bits per heavy atom. The quantitative estimate of drug-likeness (QED) is 0.705. The molecular weight excluding hydrogens is 140 g/mol. The molecule has 0 aliphatic rings. The number of methoxy groups -OCH3 is 1. The van der Waals surface area contributed by atoms with E-state index in [1.54, 1.807) is 12.1 Å². The number of aromatic hydroxyl groups is 1. The fraction of sp³-hybridized carbons (Fsp3) is 0.333. The third kappa shape index (κ3) is 1.64. The molecular formula is C9H12O2. The fourth-order valence-corrected chi connectivity index (χ4v) is 0.821. The summed E-state index contributed by atoms with van der Waals surface area (Å²) in [6, 6.07) is 4.69. The van der Waals surface area contributed by atoms with Crippen LogP contribution in [0.25, 0.3) is 0 Å². The Labute approximate surface area is 69.2 Å². The van der Waals surface area contributed by atoms with Crippen LogP contribution in [-0.4, -0.2) is 12.2 Å². The van der Waals surface area contributed by atoms with Gasteiger partial charge in [-0.1, -0.05) is 13.0 Å². The van der Waals surface area contributed by atoms with Crippen LogP contribution in [0.1, 0.15) is 15.2 Å². The molecule has 0 aliphatic heterocycles. The van der Waals surface area contributed by atoms with Gasteiger partial charge in [0.25, 0.3) is 0 Å². The minimum Gasteiger partial charge on any atom is -0.504 e. The molecule has 0 amide bonds. The molecule has 2 nitrogen and oxygen atoms in total. The summed E-state index contributed by atoms with van der Waals surface area (Å²) in [7, 11) is 1.46. The van der Waals surface area contributed by atoms with Crippen molar-refractivity contribution in [3.63, 3.8) is 0 Å². The summed E-state index contributed by atoms with van der Waals surface area (Å²) in [5, 5.41) is 9.26. The molecule has 2 heteroatoms. The number of aryl methyl sites for hydroxylation is 1. The van der Waals surface area contributed by atoms with Gasteiger partial charge in [-0.2, -0.15) is 0 Å². The third-order valence-corrected chi connectivity index (χ3v) is 1.44. The van der Waals surface area contributed by atoms with Crippen molar-refractivity contribution in [2.45, 2.75) is 13.3 Å². The van der Waals surface area contributed by atoms with Crippen molar-refractivity contribution in [2.75, 3.05) is 7.11 Å². The molecule has 0 aromatic heterocycles. The van der Waals surface area contributed by atoms with E-state index in [0.29, 0.717) is 11.3 Å². The van der Waals surface area contributed by atoms with E-state index in [0.717, 1.165) is 0 Å². The Bertz CT molecular complexity index is 289. The summed E-state index contributed by atoms with van der Waals surface area (Å²) in [6.45, 7) is 0.00787. The van der Waals surface area contributed by atoms with Gasteiger partial charge >= 0.3 is 0 Å². The lowest BCUT2D eigenvalue weighted by atomic mass is 10.1. The molecule has 1 aromatic rings. The first-order valence-corrected chi connectivity index (χ1v) is 3.27. The van der Waals surface area contributed by atoms with Crippen LogP contribution in [0.2, 0.25) is 0 Å². The summed E-state index contributed by atoms with van der Waals surface area (Å²) >= 11 is 0. The number of hydrogen-bond acceptors (Lipinski definition) is 2. The van der Waals surface area contributed by atoms with Crippen LogP contribution in [-0.2, 0) is 6.40 Å². The molecule has 60 valence electrons. The number of ether oxygens (including phenoxy) is 1. The Kier molecular flexibility index (Phi) is 1.63. The van der Waals surface area contributed by atoms with Gasteiger partial charge < -0.3 is 9.84 Å². The Morgan fingerprint density at radius 3 is 3.18 bits per heavy atom. The van der Waals surface area contributed by atoms with Crippen molar-refractivity contribution >= 4 is 0 Å². The lowest BCUT2D eigenvalue weighted by molar-refractivity contribution is 0.373. The van der Waals surface area contributed by atoms with Crippen molar-refractivity contribution in [2.24, 2.45) is 0 Å². The van der Waals surface area contributed by atoms with Gasteiger partial charge in [0.15, 0.2) is 11.5 Å². The van der Waals surface area contributed by atoms with E-state index in [2.05, 4.69) is 0 Å². The number of hydrogen-bond donors (Lipinski definition) is 1. The van der Waals surface area contributed by atoms with Crippen LogP contribution >= 0.6 is 0 Å². The van der Waals surface area contributed by atoms with Crippen molar-refractivity contribution in [1.29, 1.82) is 0 Å². The van der Waals surface area contributed by atoms with Crippen molar-refractivity contribution in [3.05, 3.63) is 23.8 Å². The van der Waals surface area contributed by atoms with Crippen LogP contribution in [0.3, 0.4) is 0 Å². The summed E-state index contributed by atoms with van der Waals surface area (Å²) < 4.78 is 19.4. The summed E-state index contributed by atoms with van der Waals surface area (Å²) in [4.78, 5) is 0. The molecule has 1 rings (SSSR count). The molecule has 0 saturated heterocycles. The zero-order valence-electron chi connectivity index (χ0n) is 8.37. The molecule has 1 atom stereocenters. The topological polar surface area (TPSA) is 29.5 Å². The highest BCUT2D eigenvalue weighted by atomic mass is 16.5. The molecule has 0 radical (unpaired) electrons. The zero-order chi connectivity index (χ0) is 9.84. The molecule has 0 spiro atoms. The number of benzene rings is 1. The normalized spacial score (nSPS) is 15.0. The van der Waals surface area contributed by atoms with E-state index in [1.807, 2.05) is 0 Å². The Hall–Kier alpha value is -1.18. The lowest BCUT2D eigenvalue weighted by Crippen LogP contribution is -1.86. The number of rotatable bonds is 2. The predicted molar refractivity (Wildman–Crippen MR) is 44.0 cm³/mol. The van der Waals surface area contributed by atoms with Gasteiger partial charge in [-0.05, 0) is 24.1 Å². The maximum atomic E-state index is 9.26. The van der Waals surface area contributed by atoms with Gasteiger partial charge in [0.05, 0.1) is 7.11 Å². The van der Waals surface area contributed by atoms with E-state index < -0.39 is 6.40 Å². The molecule has 11 heavy (non-hydrogen) atoms. The monoisotopic (exact) mass is 154 g/mol. The summed E-state index contributed by atoms with van der Waals surface area (Å²) in [6.07, 6.45) is -0.575. The average molecular weight is 154 g/mol. The van der Waals surface area contributed by atoms with Crippen LogP contribution < -0.4 is 4.74 Å². The lowest BCUT2D eigenvalue weighted by Gasteiger charge is -2.03. The second-order valence-corrected chi connectivity index (χ2v) is 2.14. The molecule has 1 unspecified atom stereocenters. The van der Waals surface area contributed by atoms with Crippen molar-refractivity contribution in [1.82, 2.24) is 0 Å². The highest BCUT2D eigenvalue weighted by molar-refractivity contribution is 5.41. The van der Waals surface area contributed by atoms with Crippen LogP contribution in [0.5, 0.6) is 11.5 Å². The average Bonchev–Trinajstić information content (AvgIpc) is 2.17. The molecule has 1 N–H and O–H groups in total. The second kappa shape index (κ2) is 3.28. The smallest absolute Gasteiger partial charge is 0.160 e. The highest BCUT2D eigenvalue weighted by Gasteiger charge is 1.99. The minimum atomic E-state index is -0.575. The van der Waals surface area contributed by atoms with Crippen LogP contribution in [0, 0.1) is 0 Å². The zero-order valence-corrected chi connectivity index (χ0v) is 6.37. The van der Waals surface area contributed by atoms with E-state index >= 15 is 0 Å². The van der Waals surface area contributed by atoms with E-state index in [1.165, 1.54) is 13.2 Å². The van der Waals surface area contributed by atoms with Crippen LogP contribution in [0.4, 0.5) is 0 Å². The van der Waals surface area contributed by atoms with Gasteiger partial charge in [0.1, 0.15) is 0 Å². The predicted octanol–water partition coefficient (Wildman–Crippen LogP) is 1.96. The molecule has 0 fully saturated rings. The highest BCUT2D eigenvalue weighted by Crippen LogP contribution is 2.26. The largest absolute Gasteiger partial charge is 0.504 e. The van der Waals surface area contributed by atoms with E-state index in [4.69, 9.17) is 7.48 Å². The van der Waals surface area contributed by atoms with E-state index in [-0.39, 0.29) is 12.6 Å². The molecule has 0 saturated carbocycles. The first-order chi connectivity index (χ1) is 6.19. The first-order valence-electron chi connectivity index (χ1n) is 4.56. The van der Waals surface area contributed by atoms with Gasteiger partial charge in [-0.25, -0.2) is 0 Å². The summed E-state index contributed by atoms with van der Waals surface area (Å²) in [5.41, 5.74) is 0.685. The number of phenols is 1.